The molecule has 0 saturated carbocycles. The number of hydrazine groups is 2. The minimum atomic E-state index is -3.87. The molecule has 6 amide bonds. The number of hydrogen-bond acceptors (Lipinski definition) is 14. The molecular weight excluding hydrogens is 735 g/mol. The molecule has 0 aliphatic rings. The number of hydrogen-bond donors (Lipinski definition) is 9. The highest BCUT2D eigenvalue weighted by Gasteiger charge is 2.22. The van der Waals surface area contributed by atoms with Crippen LogP contribution in [0.2, 0.25) is 0 Å². The molecule has 0 radical (unpaired) electrons. The Balaban J connectivity index is 0.000000381. The molecule has 11 N–H and O–H groups in total. The van der Waals surface area contributed by atoms with Crippen molar-refractivity contribution in [1.82, 2.24) is 21.5 Å². The average Bonchev–Trinajstić information content (AvgIpc) is 3.11. The summed E-state index contributed by atoms with van der Waals surface area (Å²) in [6.07, 6.45) is 0.889. The number of nitrogens with zero attached hydrogens (tertiary/aromatic N) is 2. The van der Waals surface area contributed by atoms with Crippen molar-refractivity contribution in [3.63, 3.8) is 0 Å². The molecule has 20 nitrogen and oxygen atoms in total. The maximum atomic E-state index is 12.3. The Morgan fingerprint density at radius 1 is 0.925 bits per heavy atom. The highest BCUT2D eigenvalue weighted by Crippen LogP contribution is 2.35. The number of benzene rings is 3. The molecule has 0 heterocycles. The van der Waals surface area contributed by atoms with Gasteiger partial charge in [-0.15, -0.1) is 0 Å². The van der Waals surface area contributed by atoms with Crippen molar-refractivity contribution in [1.29, 1.82) is 5.26 Å². The summed E-state index contributed by atoms with van der Waals surface area (Å²) in [6.45, 7) is 10.1. The van der Waals surface area contributed by atoms with Gasteiger partial charge in [0.15, 0.2) is 9.84 Å². The van der Waals surface area contributed by atoms with Gasteiger partial charge in [-0.05, 0) is 55.9 Å². The Morgan fingerprint density at radius 2 is 1.57 bits per heavy atom. The van der Waals surface area contributed by atoms with E-state index in [9.17, 15) is 32.9 Å². The monoisotopic (exact) mass is 771 g/mol. The summed E-state index contributed by atoms with van der Waals surface area (Å²) in [6, 6.07) is 10.8. The summed E-state index contributed by atoms with van der Waals surface area (Å²) in [4.78, 5) is 54.9. The minimum Gasteiger partial charge on any atom is -0.495 e. The highest BCUT2D eigenvalue weighted by atomic mass is 32.2. The minimum absolute atomic E-state index is 0.178. The SMILES string of the molecule is COc1ccc(C)cc1NC(=O)NNc1cc(C(N)=O)c(C(N)=O)cc1S(C)(=O)=O.[C-]#[N+]c1cc(NNC(=O)NCCNC)c(C#N)cc1SOOC. The van der Waals surface area contributed by atoms with Crippen LogP contribution in [0.4, 0.5) is 32.3 Å². The number of carbonyl (C=O) groups is 4. The summed E-state index contributed by atoms with van der Waals surface area (Å²) in [5, 5.41) is 17.2. The lowest BCUT2D eigenvalue weighted by Gasteiger charge is -2.16. The van der Waals surface area contributed by atoms with E-state index in [2.05, 4.69) is 47.4 Å². The number of urea groups is 2. The Labute approximate surface area is 309 Å². The molecule has 0 aromatic heterocycles. The van der Waals surface area contributed by atoms with E-state index in [-0.39, 0.29) is 33.0 Å². The number of nitrogens with one attached hydrogen (secondary N) is 7. The second-order valence-electron chi connectivity index (χ2n) is 10.3. The van der Waals surface area contributed by atoms with Gasteiger partial charge in [-0.2, -0.15) is 9.60 Å². The van der Waals surface area contributed by atoms with E-state index >= 15 is 0 Å². The zero-order chi connectivity index (χ0) is 39.7. The number of likely N-dealkylation sites (N-methyl/N-ethyl adjacent to an activating group) is 1. The standard InChI is InChI=1S/C18H21N5O6S.C13H16N6O3S/c1-9-4-5-14(29-2)12(6-9)21-18(26)23-22-13-7-10(16(19)24)11(17(20)25)8-15(13)30(3,27)28;1-15-4-5-17-13(20)19-18-10-7-11(16-2)12(23-22-21-3)6-9(10)8-14/h4-8,22H,1-3H3,(H2,19,24)(H2,20,25)(H2,21,23,26);6-7,15,18H,4-5H2,1,3H3,(H2,17,19,20). The molecule has 22 heteroatoms. The van der Waals surface area contributed by atoms with Crippen LogP contribution in [0.3, 0.4) is 0 Å². The molecule has 0 bridgehead atoms. The van der Waals surface area contributed by atoms with Crippen LogP contribution in [-0.4, -0.2) is 72.9 Å². The first-order valence-electron chi connectivity index (χ1n) is 14.8. The third-order valence-corrected chi connectivity index (χ3v) is 8.31. The van der Waals surface area contributed by atoms with Gasteiger partial charge in [0.25, 0.3) is 0 Å². The van der Waals surface area contributed by atoms with Crippen LogP contribution in [0.1, 0.15) is 31.8 Å². The molecule has 0 spiro atoms. The van der Waals surface area contributed by atoms with Crippen molar-refractivity contribution in [2.75, 3.05) is 56.8 Å². The Bertz CT molecular complexity index is 2030. The molecule has 3 aromatic carbocycles. The molecule has 0 fully saturated rings. The topological polar surface area (TPSA) is 295 Å². The number of primary amides is 2. The average molecular weight is 772 g/mol. The molecule has 3 aromatic rings. The quantitative estimate of drug-likeness (QED) is 0.0352. The van der Waals surface area contributed by atoms with E-state index in [1.54, 1.807) is 25.2 Å². The van der Waals surface area contributed by atoms with Gasteiger partial charge < -0.3 is 32.2 Å². The Morgan fingerprint density at radius 3 is 2.13 bits per heavy atom. The summed E-state index contributed by atoms with van der Waals surface area (Å²) in [7, 11) is 0.681. The van der Waals surface area contributed by atoms with E-state index in [1.165, 1.54) is 26.4 Å². The molecule has 282 valence electrons. The third kappa shape index (κ3) is 13.1. The summed E-state index contributed by atoms with van der Waals surface area (Å²) in [5.41, 5.74) is 21.4. The van der Waals surface area contributed by atoms with Crippen LogP contribution < -0.4 is 53.9 Å². The number of sulfone groups is 1. The van der Waals surface area contributed by atoms with Crippen molar-refractivity contribution in [2.24, 2.45) is 11.5 Å². The lowest BCUT2D eigenvalue weighted by Crippen LogP contribution is -2.41. The molecule has 0 atom stereocenters. The smallest absolute Gasteiger partial charge is 0.337 e. The number of carbonyl (C=O) groups excluding carboxylic acids is 4. The Kier molecular flexibility index (Phi) is 16.6. The normalized spacial score (nSPS) is 10.2. The van der Waals surface area contributed by atoms with E-state index in [4.69, 9.17) is 27.1 Å². The van der Waals surface area contributed by atoms with Crippen LogP contribution >= 0.6 is 12.0 Å². The number of ether oxygens (including phenoxy) is 1. The van der Waals surface area contributed by atoms with Crippen LogP contribution in [-0.2, 0) is 19.1 Å². The van der Waals surface area contributed by atoms with Gasteiger partial charge in [0, 0.05) is 24.2 Å². The first-order valence-corrected chi connectivity index (χ1v) is 17.5. The molecule has 53 heavy (non-hydrogen) atoms. The number of nitriles is 1. The van der Waals surface area contributed by atoms with E-state index in [1.807, 2.05) is 13.0 Å². The molecular formula is C31H37N11O9S2. The van der Waals surface area contributed by atoms with Gasteiger partial charge in [0.2, 0.25) is 17.5 Å². The second kappa shape index (κ2) is 20.5. The predicted molar refractivity (Wildman–Crippen MR) is 196 cm³/mol. The molecule has 0 unspecified atom stereocenters. The van der Waals surface area contributed by atoms with Crippen molar-refractivity contribution >= 4 is 68.5 Å². The zero-order valence-electron chi connectivity index (χ0n) is 29.0. The first-order chi connectivity index (χ1) is 25.1. The fourth-order valence-electron chi connectivity index (χ4n) is 4.05. The van der Waals surface area contributed by atoms with Gasteiger partial charge in [-0.1, -0.05) is 6.07 Å². The fourth-order valence-corrected chi connectivity index (χ4v) is 5.39. The number of anilines is 3. The van der Waals surface area contributed by atoms with E-state index in [0.29, 0.717) is 35.1 Å². The molecule has 3 rings (SSSR count). The molecule has 0 aliphatic carbocycles. The summed E-state index contributed by atoms with van der Waals surface area (Å²) < 4.78 is 34.1. The van der Waals surface area contributed by atoms with Crippen molar-refractivity contribution in [3.05, 3.63) is 76.1 Å². The maximum absolute atomic E-state index is 12.3. The van der Waals surface area contributed by atoms with Crippen molar-refractivity contribution in [2.45, 2.75) is 16.7 Å². The third-order valence-electron chi connectivity index (χ3n) is 6.47. The fraction of sp³-hybridized carbons (Fsp3) is 0.226. The van der Waals surface area contributed by atoms with Crippen molar-refractivity contribution in [3.8, 4) is 11.8 Å². The number of rotatable bonds is 15. The number of aryl methyl sites for hydroxylation is 1. The van der Waals surface area contributed by atoms with E-state index < -0.39 is 33.7 Å². The van der Waals surface area contributed by atoms with Gasteiger partial charge in [-0.3, -0.25) is 31.3 Å². The maximum Gasteiger partial charge on any atom is 0.337 e. The predicted octanol–water partition coefficient (Wildman–Crippen LogP) is 2.29. The lowest BCUT2D eigenvalue weighted by molar-refractivity contribution is -0.160. The number of nitrogens with two attached hydrogens (primary N) is 2. The van der Waals surface area contributed by atoms with Crippen LogP contribution in [0.25, 0.3) is 4.85 Å². The summed E-state index contributed by atoms with van der Waals surface area (Å²) in [5.74, 6) is -1.62. The highest BCUT2D eigenvalue weighted by molar-refractivity contribution is 7.94. The van der Waals surface area contributed by atoms with Crippen molar-refractivity contribution < 1.29 is 41.6 Å². The van der Waals surface area contributed by atoms with Crippen LogP contribution in [0.5, 0.6) is 5.75 Å². The number of amides is 6. The molecule has 0 saturated heterocycles. The molecule has 0 aliphatic heterocycles. The van der Waals surface area contributed by atoms with Crippen LogP contribution in [0.15, 0.2) is 52.3 Å². The zero-order valence-corrected chi connectivity index (χ0v) is 30.6. The van der Waals surface area contributed by atoms with Gasteiger partial charge in [0.05, 0.1) is 71.5 Å². The Hall–Kier alpha value is -6.30. The van der Waals surface area contributed by atoms with E-state index in [0.717, 1.165) is 36.0 Å². The van der Waals surface area contributed by atoms with Gasteiger partial charge in [-0.25, -0.2) is 27.7 Å². The lowest BCUT2D eigenvalue weighted by atomic mass is 10.1. The second-order valence-corrected chi connectivity index (χ2v) is 13.0. The largest absolute Gasteiger partial charge is 0.495 e. The van der Waals surface area contributed by atoms with Gasteiger partial charge in [0.1, 0.15) is 11.8 Å². The first kappa shape index (κ1) is 42.9. The van der Waals surface area contributed by atoms with Crippen LogP contribution in [0, 0.1) is 24.8 Å². The number of methoxy groups -OCH3 is 1. The van der Waals surface area contributed by atoms with Gasteiger partial charge >= 0.3 is 12.1 Å². The summed E-state index contributed by atoms with van der Waals surface area (Å²) >= 11 is 0.826.